The summed E-state index contributed by atoms with van der Waals surface area (Å²) in [7, 11) is 1.80. The van der Waals surface area contributed by atoms with E-state index in [9.17, 15) is 5.11 Å². The molecule has 0 amide bonds. The third-order valence-corrected chi connectivity index (χ3v) is 4.13. The van der Waals surface area contributed by atoms with Crippen molar-refractivity contribution in [2.45, 2.75) is 19.4 Å². The number of nitrogens with zero attached hydrogens (tertiary/aromatic N) is 2. The third-order valence-electron chi connectivity index (χ3n) is 2.93. The van der Waals surface area contributed by atoms with Crippen molar-refractivity contribution in [2.75, 3.05) is 0 Å². The predicted octanol–water partition coefficient (Wildman–Crippen LogP) is 3.42. The first-order valence-corrected chi connectivity index (χ1v) is 6.78. The Labute approximate surface area is 120 Å². The van der Waals surface area contributed by atoms with Crippen LogP contribution in [0.3, 0.4) is 0 Å². The molecule has 0 radical (unpaired) electrons. The van der Waals surface area contributed by atoms with Crippen LogP contribution in [-0.2, 0) is 13.5 Å². The molecule has 1 atom stereocenters. The zero-order valence-corrected chi connectivity index (χ0v) is 12.5. The summed E-state index contributed by atoms with van der Waals surface area (Å²) in [5.74, 6) is 0. The lowest BCUT2D eigenvalue weighted by Crippen LogP contribution is -2.03. The highest BCUT2D eigenvalue weighted by molar-refractivity contribution is 9.10. The van der Waals surface area contributed by atoms with Crippen molar-refractivity contribution in [3.05, 3.63) is 50.7 Å². The van der Waals surface area contributed by atoms with Crippen molar-refractivity contribution < 1.29 is 5.11 Å². The number of hydrogen-bond acceptors (Lipinski definition) is 2. The van der Waals surface area contributed by atoms with E-state index < -0.39 is 6.10 Å². The molecule has 0 aliphatic carbocycles. The van der Waals surface area contributed by atoms with Gasteiger partial charge in [-0.15, -0.1) is 0 Å². The fourth-order valence-corrected chi connectivity index (χ4v) is 2.76. The highest BCUT2D eigenvalue weighted by Crippen LogP contribution is 2.29. The van der Waals surface area contributed by atoms with Crippen LogP contribution < -0.4 is 0 Å². The quantitative estimate of drug-likeness (QED) is 0.937. The van der Waals surface area contributed by atoms with E-state index in [-0.39, 0.29) is 0 Å². The number of benzene rings is 1. The van der Waals surface area contributed by atoms with Gasteiger partial charge in [0.2, 0.25) is 0 Å². The van der Waals surface area contributed by atoms with Crippen molar-refractivity contribution in [2.24, 2.45) is 7.05 Å². The van der Waals surface area contributed by atoms with Crippen LogP contribution in [0.15, 0.2) is 28.7 Å². The number of aliphatic hydroxyl groups excluding tert-OH is 1. The molecule has 0 aliphatic heterocycles. The van der Waals surface area contributed by atoms with Crippen molar-refractivity contribution in [1.82, 2.24) is 9.78 Å². The molecule has 0 saturated heterocycles. The predicted molar refractivity (Wildman–Crippen MR) is 75.8 cm³/mol. The van der Waals surface area contributed by atoms with Gasteiger partial charge < -0.3 is 5.11 Å². The lowest BCUT2D eigenvalue weighted by atomic mass is 10.0. The van der Waals surface area contributed by atoms with Crippen LogP contribution in [0.4, 0.5) is 0 Å². The standard InChI is InChI=1S/C13H14BrClN2O/c1-8-10(13(15)17(2)16-8)7-12(18)9-5-3-4-6-11(9)14/h3-6,12,18H,7H2,1-2H3. The van der Waals surface area contributed by atoms with Gasteiger partial charge >= 0.3 is 0 Å². The molecule has 1 unspecified atom stereocenters. The Hall–Kier alpha value is -0.840. The largest absolute Gasteiger partial charge is 0.388 e. The van der Waals surface area contributed by atoms with Gasteiger partial charge in [0.25, 0.3) is 0 Å². The van der Waals surface area contributed by atoms with Crippen LogP contribution in [-0.4, -0.2) is 14.9 Å². The minimum atomic E-state index is -0.596. The number of aryl methyl sites for hydroxylation is 2. The highest BCUT2D eigenvalue weighted by atomic mass is 79.9. The molecule has 3 nitrogen and oxygen atoms in total. The van der Waals surface area contributed by atoms with Gasteiger partial charge in [0.15, 0.2) is 0 Å². The Morgan fingerprint density at radius 3 is 2.67 bits per heavy atom. The topological polar surface area (TPSA) is 38.0 Å². The number of rotatable bonds is 3. The van der Waals surface area contributed by atoms with E-state index in [1.807, 2.05) is 31.2 Å². The zero-order chi connectivity index (χ0) is 13.3. The summed E-state index contributed by atoms with van der Waals surface area (Å²) < 4.78 is 2.52. The fourth-order valence-electron chi connectivity index (χ4n) is 1.95. The van der Waals surface area contributed by atoms with Crippen LogP contribution >= 0.6 is 27.5 Å². The lowest BCUT2D eigenvalue weighted by molar-refractivity contribution is 0.177. The Kier molecular flexibility index (Phi) is 4.10. The normalized spacial score (nSPS) is 12.7. The number of hydrogen-bond donors (Lipinski definition) is 1. The average Bonchev–Trinajstić information content (AvgIpc) is 2.56. The van der Waals surface area contributed by atoms with E-state index in [4.69, 9.17) is 11.6 Å². The van der Waals surface area contributed by atoms with Gasteiger partial charge in [-0.05, 0) is 18.6 Å². The van der Waals surface area contributed by atoms with Crippen molar-refractivity contribution >= 4 is 27.5 Å². The van der Waals surface area contributed by atoms with Gasteiger partial charge in [-0.2, -0.15) is 5.10 Å². The van der Waals surface area contributed by atoms with E-state index in [1.54, 1.807) is 11.7 Å². The molecule has 18 heavy (non-hydrogen) atoms. The minimum absolute atomic E-state index is 0.459. The number of aliphatic hydroxyl groups is 1. The van der Waals surface area contributed by atoms with Crippen LogP contribution in [0.5, 0.6) is 0 Å². The monoisotopic (exact) mass is 328 g/mol. The Balaban J connectivity index is 2.27. The summed E-state index contributed by atoms with van der Waals surface area (Å²) in [5.41, 5.74) is 2.60. The van der Waals surface area contributed by atoms with E-state index in [1.165, 1.54) is 0 Å². The molecule has 0 fully saturated rings. The molecule has 0 aliphatic rings. The molecular weight excluding hydrogens is 316 g/mol. The van der Waals surface area contributed by atoms with Gasteiger partial charge in [-0.3, -0.25) is 4.68 Å². The molecule has 0 saturated carbocycles. The first-order chi connectivity index (χ1) is 8.50. The molecule has 1 N–H and O–H groups in total. The molecule has 1 aromatic heterocycles. The van der Waals surface area contributed by atoms with E-state index >= 15 is 0 Å². The van der Waals surface area contributed by atoms with Crippen LogP contribution in [0.25, 0.3) is 0 Å². The third kappa shape index (κ3) is 2.60. The van der Waals surface area contributed by atoms with Crippen LogP contribution in [0.2, 0.25) is 5.15 Å². The molecule has 0 bridgehead atoms. The molecular formula is C13H14BrClN2O. The van der Waals surface area contributed by atoms with E-state index in [0.29, 0.717) is 11.6 Å². The van der Waals surface area contributed by atoms with Gasteiger partial charge in [-0.25, -0.2) is 0 Å². The van der Waals surface area contributed by atoms with Crippen LogP contribution in [0.1, 0.15) is 22.9 Å². The lowest BCUT2D eigenvalue weighted by Gasteiger charge is -2.12. The molecule has 0 spiro atoms. The molecule has 1 aromatic carbocycles. The van der Waals surface area contributed by atoms with Gasteiger partial charge in [-0.1, -0.05) is 45.7 Å². The second-order valence-corrected chi connectivity index (χ2v) is 5.43. The van der Waals surface area contributed by atoms with Crippen LogP contribution in [0, 0.1) is 6.92 Å². The molecule has 2 rings (SSSR count). The highest BCUT2D eigenvalue weighted by Gasteiger charge is 2.18. The van der Waals surface area contributed by atoms with E-state index in [2.05, 4.69) is 21.0 Å². The second kappa shape index (κ2) is 5.43. The zero-order valence-electron chi connectivity index (χ0n) is 10.2. The Morgan fingerprint density at radius 1 is 1.44 bits per heavy atom. The summed E-state index contributed by atoms with van der Waals surface area (Å²) in [5, 5.41) is 15.1. The smallest absolute Gasteiger partial charge is 0.130 e. The summed E-state index contributed by atoms with van der Waals surface area (Å²) in [6.45, 7) is 1.90. The fraction of sp³-hybridized carbons (Fsp3) is 0.308. The number of aromatic nitrogens is 2. The van der Waals surface area contributed by atoms with Crippen molar-refractivity contribution in [3.63, 3.8) is 0 Å². The maximum atomic E-state index is 10.3. The summed E-state index contributed by atoms with van der Waals surface area (Å²) >= 11 is 9.60. The van der Waals surface area contributed by atoms with Crippen molar-refractivity contribution in [1.29, 1.82) is 0 Å². The van der Waals surface area contributed by atoms with Gasteiger partial charge in [0, 0.05) is 23.5 Å². The first-order valence-electron chi connectivity index (χ1n) is 5.61. The molecule has 2 aromatic rings. The van der Waals surface area contributed by atoms with Crippen molar-refractivity contribution in [3.8, 4) is 0 Å². The summed E-state index contributed by atoms with van der Waals surface area (Å²) in [6.07, 6.45) is -0.137. The Bertz CT molecular complexity index is 568. The SMILES string of the molecule is Cc1nn(C)c(Cl)c1CC(O)c1ccccc1Br. The first kappa shape index (κ1) is 13.6. The average molecular weight is 330 g/mol. The van der Waals surface area contributed by atoms with Gasteiger partial charge in [0.05, 0.1) is 11.8 Å². The molecule has 1 heterocycles. The second-order valence-electron chi connectivity index (χ2n) is 4.22. The summed E-state index contributed by atoms with van der Waals surface area (Å²) in [4.78, 5) is 0. The molecule has 5 heteroatoms. The maximum absolute atomic E-state index is 10.3. The van der Waals surface area contributed by atoms with Gasteiger partial charge in [0.1, 0.15) is 5.15 Å². The summed E-state index contributed by atoms with van der Waals surface area (Å²) in [6, 6.07) is 7.63. The Morgan fingerprint density at radius 2 is 2.11 bits per heavy atom. The maximum Gasteiger partial charge on any atom is 0.130 e. The minimum Gasteiger partial charge on any atom is -0.388 e. The molecule has 96 valence electrons. The van der Waals surface area contributed by atoms with E-state index in [0.717, 1.165) is 21.3 Å². The number of halogens is 2.